The number of ether oxygens (including phenoxy) is 1. The molecule has 0 amide bonds. The molecule has 17 heavy (non-hydrogen) atoms. The van der Waals surface area contributed by atoms with Gasteiger partial charge in [0.25, 0.3) is 0 Å². The fraction of sp³-hybridized carbons (Fsp3) is 0.417. The summed E-state index contributed by atoms with van der Waals surface area (Å²) in [4.78, 5) is 13.4. The van der Waals surface area contributed by atoms with Gasteiger partial charge in [-0.25, -0.2) is 4.79 Å². The van der Waals surface area contributed by atoms with Crippen LogP contribution in [0.3, 0.4) is 0 Å². The van der Waals surface area contributed by atoms with Gasteiger partial charge in [0.05, 0.1) is 24.0 Å². The molecular formula is C12H19N3O2. The molecule has 0 heterocycles. The van der Waals surface area contributed by atoms with Gasteiger partial charge in [-0.15, -0.1) is 0 Å². The average molecular weight is 237 g/mol. The lowest BCUT2D eigenvalue weighted by atomic mass is 10.1. The van der Waals surface area contributed by atoms with Crippen molar-refractivity contribution in [1.82, 2.24) is 4.90 Å². The highest BCUT2D eigenvalue weighted by Gasteiger charge is 2.07. The molecule has 0 aliphatic rings. The molecule has 0 saturated carbocycles. The largest absolute Gasteiger partial charge is 0.465 e. The van der Waals surface area contributed by atoms with E-state index in [-0.39, 0.29) is 5.97 Å². The SMILES string of the molecule is COC(=O)c1ccc(N)c(NCCN(C)C)c1. The van der Waals surface area contributed by atoms with Crippen LogP contribution in [0.5, 0.6) is 0 Å². The molecule has 0 bridgehead atoms. The van der Waals surface area contributed by atoms with Gasteiger partial charge in [0.2, 0.25) is 0 Å². The zero-order valence-corrected chi connectivity index (χ0v) is 10.5. The van der Waals surface area contributed by atoms with Crippen LogP contribution in [0.2, 0.25) is 0 Å². The first-order chi connectivity index (χ1) is 8.04. The average Bonchev–Trinajstić information content (AvgIpc) is 2.30. The molecule has 5 heteroatoms. The maximum Gasteiger partial charge on any atom is 0.337 e. The van der Waals surface area contributed by atoms with E-state index in [1.807, 2.05) is 14.1 Å². The Morgan fingerprint density at radius 2 is 2.18 bits per heavy atom. The summed E-state index contributed by atoms with van der Waals surface area (Å²) in [6.07, 6.45) is 0. The number of nitrogens with zero attached hydrogens (tertiary/aromatic N) is 1. The Kier molecular flexibility index (Phi) is 4.78. The first kappa shape index (κ1) is 13.3. The number of carbonyl (C=O) groups is 1. The summed E-state index contributed by atoms with van der Waals surface area (Å²) in [6.45, 7) is 1.66. The van der Waals surface area contributed by atoms with Crippen LogP contribution in [-0.4, -0.2) is 45.2 Å². The molecular weight excluding hydrogens is 218 g/mol. The summed E-state index contributed by atoms with van der Waals surface area (Å²) in [6, 6.07) is 5.05. The summed E-state index contributed by atoms with van der Waals surface area (Å²) in [5, 5.41) is 3.19. The fourth-order valence-electron chi connectivity index (χ4n) is 1.37. The van der Waals surface area contributed by atoms with Gasteiger partial charge in [-0.2, -0.15) is 0 Å². The van der Waals surface area contributed by atoms with E-state index in [1.165, 1.54) is 7.11 Å². The molecule has 94 valence electrons. The van der Waals surface area contributed by atoms with Crippen LogP contribution >= 0.6 is 0 Å². The van der Waals surface area contributed by atoms with Gasteiger partial charge >= 0.3 is 5.97 Å². The van der Waals surface area contributed by atoms with E-state index in [9.17, 15) is 4.79 Å². The molecule has 0 unspecified atom stereocenters. The topological polar surface area (TPSA) is 67.6 Å². The number of rotatable bonds is 5. The molecule has 0 aliphatic heterocycles. The van der Waals surface area contributed by atoms with E-state index in [0.29, 0.717) is 11.3 Å². The Morgan fingerprint density at radius 1 is 1.47 bits per heavy atom. The summed E-state index contributed by atoms with van der Waals surface area (Å²) in [5.41, 5.74) is 7.69. The second kappa shape index (κ2) is 6.10. The van der Waals surface area contributed by atoms with Gasteiger partial charge in [0.15, 0.2) is 0 Å². The van der Waals surface area contributed by atoms with Gasteiger partial charge in [-0.1, -0.05) is 0 Å². The van der Waals surface area contributed by atoms with Crippen LogP contribution in [0.1, 0.15) is 10.4 Å². The van der Waals surface area contributed by atoms with Gasteiger partial charge in [0.1, 0.15) is 0 Å². The van der Waals surface area contributed by atoms with Crippen LogP contribution in [0.15, 0.2) is 18.2 Å². The normalized spacial score (nSPS) is 10.4. The fourth-order valence-corrected chi connectivity index (χ4v) is 1.37. The first-order valence-electron chi connectivity index (χ1n) is 5.41. The van der Waals surface area contributed by atoms with Crippen molar-refractivity contribution in [2.24, 2.45) is 0 Å². The molecule has 0 aliphatic carbocycles. The van der Waals surface area contributed by atoms with Crippen LogP contribution in [0.4, 0.5) is 11.4 Å². The quantitative estimate of drug-likeness (QED) is 0.591. The number of nitrogens with two attached hydrogens (primary N) is 1. The molecule has 0 aromatic heterocycles. The first-order valence-corrected chi connectivity index (χ1v) is 5.41. The molecule has 5 nitrogen and oxygen atoms in total. The smallest absolute Gasteiger partial charge is 0.337 e. The van der Waals surface area contributed by atoms with Gasteiger partial charge < -0.3 is 20.7 Å². The van der Waals surface area contributed by atoms with Gasteiger partial charge in [0, 0.05) is 13.1 Å². The maximum atomic E-state index is 11.4. The predicted molar refractivity (Wildman–Crippen MR) is 69.2 cm³/mol. The van der Waals surface area contributed by atoms with E-state index in [2.05, 4.69) is 15.0 Å². The second-order valence-corrected chi connectivity index (χ2v) is 4.02. The molecule has 0 fully saturated rings. The summed E-state index contributed by atoms with van der Waals surface area (Å²) >= 11 is 0. The number of carbonyl (C=O) groups excluding carboxylic acids is 1. The molecule has 1 aromatic carbocycles. The van der Waals surface area contributed by atoms with Crippen molar-refractivity contribution in [3.05, 3.63) is 23.8 Å². The van der Waals surface area contributed by atoms with Crippen molar-refractivity contribution in [1.29, 1.82) is 0 Å². The lowest BCUT2D eigenvalue weighted by Crippen LogP contribution is -2.21. The van der Waals surface area contributed by atoms with Crippen molar-refractivity contribution < 1.29 is 9.53 Å². The zero-order valence-electron chi connectivity index (χ0n) is 10.5. The van der Waals surface area contributed by atoms with Crippen LogP contribution in [0.25, 0.3) is 0 Å². The highest BCUT2D eigenvalue weighted by Crippen LogP contribution is 2.20. The molecule has 0 radical (unpaired) electrons. The Bertz CT molecular complexity index is 391. The third-order valence-corrected chi connectivity index (χ3v) is 2.35. The monoisotopic (exact) mass is 237 g/mol. The van der Waals surface area contributed by atoms with Crippen LogP contribution in [0, 0.1) is 0 Å². The van der Waals surface area contributed by atoms with Crippen molar-refractivity contribution >= 4 is 17.3 Å². The highest BCUT2D eigenvalue weighted by atomic mass is 16.5. The number of likely N-dealkylation sites (N-methyl/N-ethyl adjacent to an activating group) is 1. The van der Waals surface area contributed by atoms with Gasteiger partial charge in [-0.3, -0.25) is 0 Å². The Morgan fingerprint density at radius 3 is 2.76 bits per heavy atom. The van der Waals surface area contributed by atoms with Gasteiger partial charge in [-0.05, 0) is 32.3 Å². The van der Waals surface area contributed by atoms with E-state index >= 15 is 0 Å². The van der Waals surface area contributed by atoms with Crippen molar-refractivity contribution in [2.75, 3.05) is 45.3 Å². The van der Waals surface area contributed by atoms with E-state index < -0.39 is 0 Å². The summed E-state index contributed by atoms with van der Waals surface area (Å²) in [7, 11) is 5.35. The van der Waals surface area contributed by atoms with E-state index in [0.717, 1.165) is 18.8 Å². The third kappa shape index (κ3) is 3.96. The summed E-state index contributed by atoms with van der Waals surface area (Å²) in [5.74, 6) is -0.361. The Hall–Kier alpha value is -1.75. The van der Waals surface area contributed by atoms with Crippen molar-refractivity contribution in [3.8, 4) is 0 Å². The highest BCUT2D eigenvalue weighted by molar-refractivity contribution is 5.91. The number of benzene rings is 1. The Labute approximate surface area is 102 Å². The Balaban J connectivity index is 2.73. The predicted octanol–water partition coefficient (Wildman–Crippen LogP) is 1.03. The number of methoxy groups -OCH3 is 1. The molecule has 0 saturated heterocycles. The minimum absolute atomic E-state index is 0.361. The van der Waals surface area contributed by atoms with E-state index in [4.69, 9.17) is 5.73 Å². The molecule has 0 spiro atoms. The number of hydrogen-bond donors (Lipinski definition) is 2. The number of nitrogens with one attached hydrogen (secondary N) is 1. The second-order valence-electron chi connectivity index (χ2n) is 4.02. The maximum absolute atomic E-state index is 11.4. The summed E-state index contributed by atoms with van der Waals surface area (Å²) < 4.78 is 4.66. The molecule has 3 N–H and O–H groups in total. The standard InChI is InChI=1S/C12H19N3O2/c1-15(2)7-6-14-11-8-9(12(16)17-3)4-5-10(11)13/h4-5,8,14H,6-7,13H2,1-3H3. The van der Waals surface area contributed by atoms with Crippen molar-refractivity contribution in [2.45, 2.75) is 0 Å². The molecule has 1 rings (SSSR count). The number of nitrogen functional groups attached to an aromatic ring is 1. The molecule has 0 atom stereocenters. The van der Waals surface area contributed by atoms with E-state index in [1.54, 1.807) is 18.2 Å². The minimum Gasteiger partial charge on any atom is -0.465 e. The number of esters is 1. The van der Waals surface area contributed by atoms with Crippen LogP contribution < -0.4 is 11.1 Å². The molecule has 1 aromatic rings. The lowest BCUT2D eigenvalue weighted by molar-refractivity contribution is 0.0601. The zero-order chi connectivity index (χ0) is 12.8. The number of anilines is 2. The van der Waals surface area contributed by atoms with Crippen LogP contribution in [-0.2, 0) is 4.74 Å². The third-order valence-electron chi connectivity index (χ3n) is 2.35. The number of hydrogen-bond acceptors (Lipinski definition) is 5. The lowest BCUT2D eigenvalue weighted by Gasteiger charge is -2.13. The van der Waals surface area contributed by atoms with Crippen molar-refractivity contribution in [3.63, 3.8) is 0 Å². The minimum atomic E-state index is -0.361.